The maximum absolute atomic E-state index is 10.6. The minimum Gasteiger partial charge on any atom is -0.478 e. The third kappa shape index (κ3) is 2.30. The summed E-state index contributed by atoms with van der Waals surface area (Å²) in [4.78, 5) is 14.7. The zero-order chi connectivity index (χ0) is 11.5. The molecule has 5 heteroatoms. The molecule has 5 nitrogen and oxygen atoms in total. The van der Waals surface area contributed by atoms with Crippen molar-refractivity contribution in [1.29, 1.82) is 0 Å². The molecule has 2 heterocycles. The van der Waals surface area contributed by atoms with Gasteiger partial charge in [-0.2, -0.15) is 0 Å². The monoisotopic (exact) mass is 222 g/mol. The molecule has 2 unspecified atom stereocenters. The van der Waals surface area contributed by atoms with Crippen LogP contribution < -0.4 is 5.32 Å². The first-order chi connectivity index (χ1) is 7.66. The Labute approximate surface area is 93.5 Å². The summed E-state index contributed by atoms with van der Waals surface area (Å²) in [7, 11) is 0. The molecule has 2 atom stereocenters. The summed E-state index contributed by atoms with van der Waals surface area (Å²) in [5.74, 6) is -0.274. The van der Waals surface area contributed by atoms with E-state index < -0.39 is 5.97 Å². The zero-order valence-corrected chi connectivity index (χ0v) is 9.01. The van der Waals surface area contributed by atoms with Gasteiger partial charge in [0.15, 0.2) is 0 Å². The molecule has 0 radical (unpaired) electrons. The lowest BCUT2D eigenvalue weighted by atomic mass is 10.1. The SMILES string of the molecule is CC1OCCC1Nc1ccc(C(=O)O)cn1. The number of hydrogen-bond donors (Lipinski definition) is 2. The van der Waals surface area contributed by atoms with Crippen molar-refractivity contribution in [2.24, 2.45) is 0 Å². The summed E-state index contributed by atoms with van der Waals surface area (Å²) in [6, 6.07) is 3.47. The van der Waals surface area contributed by atoms with Crippen LogP contribution in [0.2, 0.25) is 0 Å². The number of nitrogens with zero attached hydrogens (tertiary/aromatic N) is 1. The van der Waals surface area contributed by atoms with E-state index in [1.165, 1.54) is 12.3 Å². The number of nitrogens with one attached hydrogen (secondary N) is 1. The van der Waals surface area contributed by atoms with E-state index in [9.17, 15) is 4.79 Å². The Kier molecular flexibility index (Phi) is 3.05. The number of aromatic nitrogens is 1. The van der Waals surface area contributed by atoms with Crippen LogP contribution in [0.15, 0.2) is 18.3 Å². The van der Waals surface area contributed by atoms with Gasteiger partial charge >= 0.3 is 5.97 Å². The standard InChI is InChI=1S/C11H14N2O3/c1-7-9(4-5-16-7)13-10-3-2-8(6-12-10)11(14)15/h2-3,6-7,9H,4-5H2,1H3,(H,12,13)(H,14,15). The first-order valence-corrected chi connectivity index (χ1v) is 5.24. The van der Waals surface area contributed by atoms with Gasteiger partial charge in [0.05, 0.1) is 17.7 Å². The molecular formula is C11H14N2O3. The van der Waals surface area contributed by atoms with Crippen molar-refractivity contribution >= 4 is 11.8 Å². The van der Waals surface area contributed by atoms with Crippen LogP contribution in [0.4, 0.5) is 5.82 Å². The molecule has 0 spiro atoms. The number of hydrogen-bond acceptors (Lipinski definition) is 4. The van der Waals surface area contributed by atoms with Crippen LogP contribution in [0.3, 0.4) is 0 Å². The molecule has 16 heavy (non-hydrogen) atoms. The Hall–Kier alpha value is -1.62. The summed E-state index contributed by atoms with van der Waals surface area (Å²) in [6.07, 6.45) is 2.47. The van der Waals surface area contributed by atoms with Crippen molar-refractivity contribution in [3.05, 3.63) is 23.9 Å². The van der Waals surface area contributed by atoms with E-state index in [1.54, 1.807) is 6.07 Å². The highest BCUT2D eigenvalue weighted by atomic mass is 16.5. The number of ether oxygens (including phenoxy) is 1. The first kappa shape index (κ1) is 10.9. The fourth-order valence-corrected chi connectivity index (χ4v) is 1.72. The topological polar surface area (TPSA) is 71.5 Å². The Morgan fingerprint density at radius 1 is 1.62 bits per heavy atom. The lowest BCUT2D eigenvalue weighted by Gasteiger charge is -2.16. The third-order valence-electron chi connectivity index (χ3n) is 2.72. The van der Waals surface area contributed by atoms with Crippen LogP contribution in [-0.4, -0.2) is 34.8 Å². The first-order valence-electron chi connectivity index (χ1n) is 5.24. The van der Waals surface area contributed by atoms with Crippen LogP contribution in [0, 0.1) is 0 Å². The Morgan fingerprint density at radius 3 is 2.94 bits per heavy atom. The summed E-state index contributed by atoms with van der Waals surface area (Å²) in [6.45, 7) is 2.77. The van der Waals surface area contributed by atoms with E-state index >= 15 is 0 Å². The van der Waals surface area contributed by atoms with Crippen LogP contribution >= 0.6 is 0 Å². The number of aromatic carboxylic acids is 1. The molecule has 1 aromatic heterocycles. The smallest absolute Gasteiger partial charge is 0.337 e. The number of rotatable bonds is 3. The van der Waals surface area contributed by atoms with E-state index in [1.807, 2.05) is 6.92 Å². The quantitative estimate of drug-likeness (QED) is 0.808. The van der Waals surface area contributed by atoms with Gasteiger partial charge < -0.3 is 15.2 Å². The van der Waals surface area contributed by atoms with Crippen molar-refractivity contribution < 1.29 is 14.6 Å². The molecule has 2 N–H and O–H groups in total. The average molecular weight is 222 g/mol. The number of anilines is 1. The molecule has 0 bridgehead atoms. The maximum Gasteiger partial charge on any atom is 0.337 e. The van der Waals surface area contributed by atoms with E-state index in [-0.39, 0.29) is 17.7 Å². The van der Waals surface area contributed by atoms with Gasteiger partial charge in [-0.1, -0.05) is 0 Å². The Balaban J connectivity index is 2.02. The Morgan fingerprint density at radius 2 is 2.44 bits per heavy atom. The lowest BCUT2D eigenvalue weighted by molar-refractivity contribution is 0.0696. The summed E-state index contributed by atoms with van der Waals surface area (Å²) in [5, 5.41) is 11.9. The van der Waals surface area contributed by atoms with Crippen molar-refractivity contribution in [2.45, 2.75) is 25.5 Å². The zero-order valence-electron chi connectivity index (χ0n) is 9.01. The van der Waals surface area contributed by atoms with E-state index in [0.29, 0.717) is 5.82 Å². The van der Waals surface area contributed by atoms with Crippen LogP contribution in [0.1, 0.15) is 23.7 Å². The minimum atomic E-state index is -0.961. The van der Waals surface area contributed by atoms with E-state index in [4.69, 9.17) is 9.84 Å². The van der Waals surface area contributed by atoms with Gasteiger partial charge in [-0.05, 0) is 25.5 Å². The summed E-state index contributed by atoms with van der Waals surface area (Å²) in [5.41, 5.74) is 0.196. The number of carbonyl (C=O) groups is 1. The maximum atomic E-state index is 10.6. The van der Waals surface area contributed by atoms with Gasteiger partial charge in [0.1, 0.15) is 5.82 Å². The molecular weight excluding hydrogens is 208 g/mol. The molecule has 0 saturated carbocycles. The average Bonchev–Trinajstić information content (AvgIpc) is 2.65. The summed E-state index contributed by atoms with van der Waals surface area (Å²) < 4.78 is 5.42. The molecule has 1 aliphatic heterocycles. The van der Waals surface area contributed by atoms with Crippen LogP contribution in [0.5, 0.6) is 0 Å². The van der Waals surface area contributed by atoms with Crippen molar-refractivity contribution in [1.82, 2.24) is 4.98 Å². The largest absolute Gasteiger partial charge is 0.478 e. The molecule has 1 aromatic rings. The highest BCUT2D eigenvalue weighted by Gasteiger charge is 2.24. The molecule has 1 fully saturated rings. The highest BCUT2D eigenvalue weighted by molar-refractivity contribution is 5.87. The molecule has 0 amide bonds. The fourth-order valence-electron chi connectivity index (χ4n) is 1.72. The van der Waals surface area contributed by atoms with Crippen molar-refractivity contribution in [3.8, 4) is 0 Å². The van der Waals surface area contributed by atoms with E-state index in [2.05, 4.69) is 10.3 Å². The number of pyridine rings is 1. The molecule has 86 valence electrons. The lowest BCUT2D eigenvalue weighted by Crippen LogP contribution is -2.27. The van der Waals surface area contributed by atoms with Gasteiger partial charge in [-0.15, -0.1) is 0 Å². The normalized spacial score (nSPS) is 24.3. The Bertz CT molecular complexity index is 377. The van der Waals surface area contributed by atoms with Crippen molar-refractivity contribution in [3.63, 3.8) is 0 Å². The fraction of sp³-hybridized carbons (Fsp3) is 0.455. The summed E-state index contributed by atoms with van der Waals surface area (Å²) >= 11 is 0. The van der Waals surface area contributed by atoms with Gasteiger partial charge in [0, 0.05) is 12.8 Å². The number of carboxylic acid groups (broad SMARTS) is 1. The van der Waals surface area contributed by atoms with Crippen molar-refractivity contribution in [2.75, 3.05) is 11.9 Å². The third-order valence-corrected chi connectivity index (χ3v) is 2.72. The second kappa shape index (κ2) is 4.49. The second-order valence-electron chi connectivity index (χ2n) is 3.85. The van der Waals surface area contributed by atoms with Gasteiger partial charge in [-0.25, -0.2) is 9.78 Å². The van der Waals surface area contributed by atoms with Crippen LogP contribution in [0.25, 0.3) is 0 Å². The number of carboxylic acids is 1. The molecule has 2 rings (SSSR count). The molecule has 1 saturated heterocycles. The highest BCUT2D eigenvalue weighted by Crippen LogP contribution is 2.17. The minimum absolute atomic E-state index is 0.168. The molecule has 0 aromatic carbocycles. The molecule has 1 aliphatic rings. The molecule has 0 aliphatic carbocycles. The van der Waals surface area contributed by atoms with Gasteiger partial charge in [0.25, 0.3) is 0 Å². The second-order valence-corrected chi connectivity index (χ2v) is 3.85. The predicted octanol–water partition coefficient (Wildman–Crippen LogP) is 1.37. The van der Waals surface area contributed by atoms with E-state index in [0.717, 1.165) is 13.0 Å². The van der Waals surface area contributed by atoms with Crippen LogP contribution in [-0.2, 0) is 4.74 Å². The predicted molar refractivity (Wildman–Crippen MR) is 58.6 cm³/mol. The van der Waals surface area contributed by atoms with Gasteiger partial charge in [0.2, 0.25) is 0 Å². The van der Waals surface area contributed by atoms with Gasteiger partial charge in [-0.3, -0.25) is 0 Å².